The van der Waals surface area contributed by atoms with Crippen LogP contribution in [0.25, 0.3) is 0 Å². The molecule has 0 amide bonds. The van der Waals surface area contributed by atoms with Crippen LogP contribution in [0, 0.1) is 6.92 Å². The summed E-state index contributed by atoms with van der Waals surface area (Å²) in [5.41, 5.74) is 2.91. The Hall–Kier alpha value is 0.800. The Bertz CT molecular complexity index is 209. The van der Waals surface area contributed by atoms with Gasteiger partial charge >= 0.3 is 0 Å². The minimum absolute atomic E-state index is 0. The summed E-state index contributed by atoms with van der Waals surface area (Å²) >= 11 is 0. The first kappa shape index (κ1) is 20.2. The molecular weight excluding hydrogens is 382 g/mol. The van der Waals surface area contributed by atoms with Crippen molar-refractivity contribution in [2.45, 2.75) is 39.5 Å². The molecular formula is C11H17Cl2Hf-3. The van der Waals surface area contributed by atoms with Crippen LogP contribution in [0.3, 0.4) is 0 Å². The molecule has 0 radical (unpaired) electrons. The van der Waals surface area contributed by atoms with Gasteiger partial charge < -0.3 is 24.8 Å². The van der Waals surface area contributed by atoms with Crippen LogP contribution < -0.4 is 24.8 Å². The minimum Gasteiger partial charge on any atom is -1.00 e. The van der Waals surface area contributed by atoms with Gasteiger partial charge in [0.15, 0.2) is 0 Å². The van der Waals surface area contributed by atoms with Crippen molar-refractivity contribution in [2.24, 2.45) is 0 Å². The van der Waals surface area contributed by atoms with Gasteiger partial charge in [-0.25, -0.2) is 6.07 Å². The third kappa shape index (κ3) is 8.14. The van der Waals surface area contributed by atoms with Gasteiger partial charge in [-0.1, -0.05) is 39.5 Å². The number of rotatable bonds is 4. The van der Waals surface area contributed by atoms with Gasteiger partial charge in [0, 0.05) is 25.8 Å². The Morgan fingerprint density at radius 2 is 1.86 bits per heavy atom. The predicted octanol–water partition coefficient (Wildman–Crippen LogP) is -2.55. The van der Waals surface area contributed by atoms with Crippen LogP contribution in [0.2, 0.25) is 0 Å². The van der Waals surface area contributed by atoms with E-state index in [-0.39, 0.29) is 50.7 Å². The third-order valence-electron chi connectivity index (χ3n) is 2.04. The molecule has 1 aromatic carbocycles. The zero-order valence-electron chi connectivity index (χ0n) is 8.82. The van der Waals surface area contributed by atoms with E-state index >= 15 is 0 Å². The molecule has 0 atom stereocenters. The van der Waals surface area contributed by atoms with E-state index in [1.807, 2.05) is 0 Å². The number of aryl methyl sites for hydroxylation is 2. The second-order valence-electron chi connectivity index (χ2n) is 3.25. The number of hydrogen-bond acceptors (Lipinski definition) is 0. The minimum atomic E-state index is 0. The third-order valence-corrected chi connectivity index (χ3v) is 2.04. The Morgan fingerprint density at radius 3 is 2.29 bits per heavy atom. The SMILES string of the molecule is CCCCCc1cc[c-](C)c1.[Cl-].[Cl-].[Hf]. The van der Waals surface area contributed by atoms with E-state index < -0.39 is 0 Å². The maximum Gasteiger partial charge on any atom is 0 e. The van der Waals surface area contributed by atoms with Crippen molar-refractivity contribution in [3.63, 3.8) is 0 Å². The average molecular weight is 399 g/mol. The fourth-order valence-electron chi connectivity index (χ4n) is 1.36. The summed E-state index contributed by atoms with van der Waals surface area (Å²) in [6, 6.07) is 6.72. The molecule has 14 heavy (non-hydrogen) atoms. The molecule has 3 heteroatoms. The van der Waals surface area contributed by atoms with Crippen LogP contribution in [0.4, 0.5) is 0 Å². The first-order valence-electron chi connectivity index (χ1n) is 4.55. The van der Waals surface area contributed by atoms with E-state index in [4.69, 9.17) is 0 Å². The second-order valence-corrected chi connectivity index (χ2v) is 3.25. The van der Waals surface area contributed by atoms with Crippen molar-refractivity contribution in [1.29, 1.82) is 0 Å². The Balaban J connectivity index is -0.000000403. The molecule has 0 saturated carbocycles. The van der Waals surface area contributed by atoms with Crippen molar-refractivity contribution in [3.05, 3.63) is 29.3 Å². The van der Waals surface area contributed by atoms with Gasteiger partial charge in [0.2, 0.25) is 0 Å². The zero-order chi connectivity index (χ0) is 8.10. The maximum absolute atomic E-state index is 2.29. The van der Waals surface area contributed by atoms with Gasteiger partial charge in [-0.05, 0) is 0 Å². The van der Waals surface area contributed by atoms with Gasteiger partial charge in [0.05, 0.1) is 0 Å². The van der Waals surface area contributed by atoms with Crippen molar-refractivity contribution in [1.82, 2.24) is 0 Å². The number of unbranched alkanes of at least 4 members (excludes halogenated alkanes) is 2. The molecule has 0 bridgehead atoms. The molecule has 0 aliphatic rings. The van der Waals surface area contributed by atoms with Crippen LogP contribution in [0.5, 0.6) is 0 Å². The maximum atomic E-state index is 2.29. The van der Waals surface area contributed by atoms with E-state index in [0.29, 0.717) is 0 Å². The quantitative estimate of drug-likeness (QED) is 0.298. The molecule has 0 spiro atoms. The topological polar surface area (TPSA) is 0 Å². The molecule has 0 heterocycles. The summed E-state index contributed by atoms with van der Waals surface area (Å²) in [6.45, 7) is 4.40. The number of halogens is 2. The van der Waals surface area contributed by atoms with Crippen molar-refractivity contribution >= 4 is 0 Å². The number of hydrogen-bond donors (Lipinski definition) is 0. The van der Waals surface area contributed by atoms with E-state index in [9.17, 15) is 0 Å². The van der Waals surface area contributed by atoms with Crippen molar-refractivity contribution in [2.75, 3.05) is 0 Å². The summed E-state index contributed by atoms with van der Waals surface area (Å²) in [7, 11) is 0. The normalized spacial score (nSPS) is 8.14. The molecule has 0 N–H and O–H groups in total. The van der Waals surface area contributed by atoms with Crippen molar-refractivity contribution < 1.29 is 50.7 Å². The Morgan fingerprint density at radius 1 is 1.21 bits per heavy atom. The fraction of sp³-hybridized carbons (Fsp3) is 0.545. The molecule has 0 aromatic heterocycles. The summed E-state index contributed by atoms with van der Waals surface area (Å²) in [6.07, 6.45) is 5.30. The average Bonchev–Trinajstić information content (AvgIpc) is 2.37. The molecule has 1 rings (SSSR count). The van der Waals surface area contributed by atoms with Gasteiger partial charge in [-0.2, -0.15) is 23.3 Å². The fourth-order valence-corrected chi connectivity index (χ4v) is 1.36. The molecule has 1 aromatic rings. The van der Waals surface area contributed by atoms with Gasteiger partial charge in [0.25, 0.3) is 0 Å². The summed E-state index contributed by atoms with van der Waals surface area (Å²) < 4.78 is 0. The molecule has 82 valence electrons. The van der Waals surface area contributed by atoms with E-state index in [1.165, 1.54) is 36.8 Å². The monoisotopic (exact) mass is 399 g/mol. The van der Waals surface area contributed by atoms with Gasteiger partial charge in [-0.15, -0.1) is 0 Å². The molecule has 0 aliphatic heterocycles. The molecule has 0 unspecified atom stereocenters. The smallest absolute Gasteiger partial charge is 0 e. The van der Waals surface area contributed by atoms with Gasteiger partial charge in [0.1, 0.15) is 0 Å². The van der Waals surface area contributed by atoms with Crippen LogP contribution in [-0.2, 0) is 32.3 Å². The molecule has 0 saturated heterocycles. The molecule has 0 fully saturated rings. The molecule has 0 aliphatic carbocycles. The van der Waals surface area contributed by atoms with Crippen LogP contribution in [0.1, 0.15) is 37.3 Å². The zero-order valence-corrected chi connectivity index (χ0v) is 13.9. The van der Waals surface area contributed by atoms with E-state index in [1.54, 1.807) is 0 Å². The van der Waals surface area contributed by atoms with E-state index in [0.717, 1.165) is 0 Å². The summed E-state index contributed by atoms with van der Waals surface area (Å²) in [5.74, 6) is 0. The largest absolute Gasteiger partial charge is 1.00 e. The van der Waals surface area contributed by atoms with Crippen LogP contribution in [-0.4, -0.2) is 0 Å². The van der Waals surface area contributed by atoms with Crippen LogP contribution in [0.15, 0.2) is 18.2 Å². The summed E-state index contributed by atoms with van der Waals surface area (Å²) in [5, 5.41) is 0. The predicted molar refractivity (Wildman–Crippen MR) is 50.0 cm³/mol. The standard InChI is InChI=1S/C11H17.2ClH.Hf/c1-3-4-5-6-11-8-7-10(2)9-11;;;/h7-9H,3-6H2,1-2H3;2*1H;/q-1;;;/p-2. The van der Waals surface area contributed by atoms with Crippen molar-refractivity contribution in [3.8, 4) is 0 Å². The van der Waals surface area contributed by atoms with Gasteiger partial charge in [-0.3, -0.25) is 0 Å². The Labute approximate surface area is 119 Å². The van der Waals surface area contributed by atoms with E-state index in [2.05, 4.69) is 32.0 Å². The molecule has 0 nitrogen and oxygen atoms in total. The first-order chi connectivity index (χ1) is 5.33. The summed E-state index contributed by atoms with van der Waals surface area (Å²) in [4.78, 5) is 0. The van der Waals surface area contributed by atoms with Crippen LogP contribution >= 0.6 is 0 Å². The Kier molecular flexibility index (Phi) is 17.2. The second kappa shape index (κ2) is 11.9. The first-order valence-corrected chi connectivity index (χ1v) is 4.55.